The molecule has 0 saturated carbocycles. The van der Waals surface area contributed by atoms with Crippen molar-refractivity contribution in [2.75, 3.05) is 18.5 Å². The Balaban J connectivity index is 1.75. The molecule has 1 aromatic rings. The van der Waals surface area contributed by atoms with Crippen LogP contribution in [0.3, 0.4) is 0 Å². The summed E-state index contributed by atoms with van der Waals surface area (Å²) in [6, 6.07) is 6.75. The monoisotopic (exact) mass is 209 g/mol. The number of hydrogen-bond acceptors (Lipinski definition) is 2. The van der Waals surface area contributed by atoms with Crippen molar-refractivity contribution < 1.29 is 9.13 Å². The first-order valence-corrected chi connectivity index (χ1v) is 5.46. The number of benzene rings is 1. The van der Waals surface area contributed by atoms with E-state index in [1.807, 2.05) is 6.07 Å². The first-order chi connectivity index (χ1) is 7.36. The van der Waals surface area contributed by atoms with Crippen molar-refractivity contribution >= 4 is 5.69 Å². The highest BCUT2D eigenvalue weighted by molar-refractivity contribution is 5.44. The van der Waals surface area contributed by atoms with Gasteiger partial charge in [-0.1, -0.05) is 12.1 Å². The van der Waals surface area contributed by atoms with E-state index in [0.717, 1.165) is 32.4 Å². The third-order valence-corrected chi connectivity index (χ3v) is 2.68. The highest BCUT2D eigenvalue weighted by Gasteiger charge is 2.14. The summed E-state index contributed by atoms with van der Waals surface area (Å²) < 4.78 is 18.7. The van der Waals surface area contributed by atoms with Gasteiger partial charge in [-0.25, -0.2) is 4.39 Å². The maximum absolute atomic E-state index is 13.2. The van der Waals surface area contributed by atoms with Gasteiger partial charge in [0.1, 0.15) is 5.82 Å². The van der Waals surface area contributed by atoms with Crippen LogP contribution in [0.1, 0.15) is 19.3 Å². The maximum Gasteiger partial charge on any atom is 0.146 e. The zero-order chi connectivity index (χ0) is 10.5. The molecule has 82 valence electrons. The van der Waals surface area contributed by atoms with Crippen LogP contribution in [-0.4, -0.2) is 19.3 Å². The molecule has 2 nitrogen and oxygen atoms in total. The standard InChI is InChI=1S/C12H16FNO/c13-11-5-1-2-6-12(11)14-8-7-10-4-3-9-15-10/h1-2,5-6,10,14H,3-4,7-9H2. The van der Waals surface area contributed by atoms with Gasteiger partial charge in [-0.15, -0.1) is 0 Å². The predicted octanol–water partition coefficient (Wildman–Crippen LogP) is 2.81. The zero-order valence-corrected chi connectivity index (χ0v) is 8.71. The van der Waals surface area contributed by atoms with Crippen LogP contribution in [0.2, 0.25) is 0 Å². The minimum atomic E-state index is -0.190. The van der Waals surface area contributed by atoms with E-state index in [9.17, 15) is 4.39 Å². The van der Waals surface area contributed by atoms with E-state index >= 15 is 0 Å². The summed E-state index contributed by atoms with van der Waals surface area (Å²) in [5.41, 5.74) is 0.579. The lowest BCUT2D eigenvalue weighted by atomic mass is 10.2. The maximum atomic E-state index is 13.2. The van der Waals surface area contributed by atoms with Gasteiger partial charge in [0.25, 0.3) is 0 Å². The smallest absolute Gasteiger partial charge is 0.146 e. The molecule has 1 unspecified atom stereocenters. The SMILES string of the molecule is Fc1ccccc1NCCC1CCCO1. The minimum absolute atomic E-state index is 0.190. The Labute approximate surface area is 89.4 Å². The molecule has 1 aromatic carbocycles. The van der Waals surface area contributed by atoms with Crippen molar-refractivity contribution in [3.05, 3.63) is 30.1 Å². The number of rotatable bonds is 4. The van der Waals surface area contributed by atoms with Crippen molar-refractivity contribution in [2.45, 2.75) is 25.4 Å². The van der Waals surface area contributed by atoms with E-state index in [0.29, 0.717) is 11.8 Å². The van der Waals surface area contributed by atoms with Crippen molar-refractivity contribution in [1.29, 1.82) is 0 Å². The van der Waals surface area contributed by atoms with Crippen LogP contribution in [-0.2, 0) is 4.74 Å². The largest absolute Gasteiger partial charge is 0.383 e. The lowest BCUT2D eigenvalue weighted by molar-refractivity contribution is 0.107. The second-order valence-electron chi connectivity index (χ2n) is 3.83. The topological polar surface area (TPSA) is 21.3 Å². The van der Waals surface area contributed by atoms with Crippen LogP contribution >= 0.6 is 0 Å². The molecule has 2 rings (SSSR count). The van der Waals surface area contributed by atoms with E-state index in [4.69, 9.17) is 4.74 Å². The van der Waals surface area contributed by atoms with Crippen molar-refractivity contribution in [1.82, 2.24) is 0 Å². The summed E-state index contributed by atoms with van der Waals surface area (Å²) in [7, 11) is 0. The first-order valence-electron chi connectivity index (χ1n) is 5.46. The van der Waals surface area contributed by atoms with Crippen LogP contribution in [0.4, 0.5) is 10.1 Å². The molecule has 0 spiro atoms. The molecule has 0 bridgehead atoms. The van der Waals surface area contributed by atoms with Crippen molar-refractivity contribution in [3.8, 4) is 0 Å². The molecule has 15 heavy (non-hydrogen) atoms. The predicted molar refractivity (Wildman–Crippen MR) is 58.5 cm³/mol. The number of hydrogen-bond donors (Lipinski definition) is 1. The fourth-order valence-corrected chi connectivity index (χ4v) is 1.84. The number of halogens is 1. The zero-order valence-electron chi connectivity index (χ0n) is 8.71. The van der Waals surface area contributed by atoms with Crippen LogP contribution < -0.4 is 5.32 Å². The quantitative estimate of drug-likeness (QED) is 0.823. The Morgan fingerprint density at radius 2 is 2.27 bits per heavy atom. The summed E-state index contributed by atoms with van der Waals surface area (Å²) in [5.74, 6) is -0.190. The van der Waals surface area contributed by atoms with Crippen LogP contribution in [0.5, 0.6) is 0 Å². The molecule has 1 saturated heterocycles. The molecule has 1 aliphatic heterocycles. The molecule has 1 aliphatic rings. The number of para-hydroxylation sites is 1. The summed E-state index contributed by atoms with van der Waals surface area (Å²) in [5, 5.41) is 3.08. The Kier molecular flexibility index (Phi) is 3.56. The number of ether oxygens (including phenoxy) is 1. The highest BCUT2D eigenvalue weighted by atomic mass is 19.1. The molecule has 3 heteroatoms. The Hall–Kier alpha value is -1.09. The van der Waals surface area contributed by atoms with Gasteiger partial charge in [-0.05, 0) is 31.4 Å². The number of nitrogens with one attached hydrogen (secondary N) is 1. The van der Waals surface area contributed by atoms with E-state index in [2.05, 4.69) is 5.32 Å². The Morgan fingerprint density at radius 1 is 1.40 bits per heavy atom. The van der Waals surface area contributed by atoms with Crippen LogP contribution in [0.15, 0.2) is 24.3 Å². The second-order valence-corrected chi connectivity index (χ2v) is 3.83. The van der Waals surface area contributed by atoms with Crippen LogP contribution in [0.25, 0.3) is 0 Å². The minimum Gasteiger partial charge on any atom is -0.383 e. The normalized spacial score (nSPS) is 20.5. The van der Waals surface area contributed by atoms with Crippen LogP contribution in [0, 0.1) is 5.82 Å². The molecular weight excluding hydrogens is 193 g/mol. The molecule has 0 amide bonds. The van der Waals surface area contributed by atoms with E-state index < -0.39 is 0 Å². The molecule has 0 radical (unpaired) electrons. The van der Waals surface area contributed by atoms with E-state index in [1.54, 1.807) is 12.1 Å². The number of anilines is 1. The molecular formula is C12H16FNO. The average molecular weight is 209 g/mol. The average Bonchev–Trinajstić information content (AvgIpc) is 2.74. The van der Waals surface area contributed by atoms with Gasteiger partial charge in [0.15, 0.2) is 0 Å². The first kappa shape index (κ1) is 10.4. The molecule has 0 aliphatic carbocycles. The fourth-order valence-electron chi connectivity index (χ4n) is 1.84. The van der Waals surface area contributed by atoms with Gasteiger partial charge in [-0.2, -0.15) is 0 Å². The van der Waals surface area contributed by atoms with Gasteiger partial charge >= 0.3 is 0 Å². The molecule has 0 aromatic heterocycles. The molecule has 1 atom stereocenters. The third kappa shape index (κ3) is 2.93. The molecule has 1 fully saturated rings. The summed E-state index contributed by atoms with van der Waals surface area (Å²) in [6.45, 7) is 1.65. The summed E-state index contributed by atoms with van der Waals surface area (Å²) in [6.07, 6.45) is 3.61. The van der Waals surface area contributed by atoms with E-state index in [1.165, 1.54) is 6.07 Å². The second kappa shape index (κ2) is 5.12. The fraction of sp³-hybridized carbons (Fsp3) is 0.500. The van der Waals surface area contributed by atoms with Gasteiger partial charge < -0.3 is 10.1 Å². The highest BCUT2D eigenvalue weighted by Crippen LogP contribution is 2.16. The van der Waals surface area contributed by atoms with Crippen molar-refractivity contribution in [3.63, 3.8) is 0 Å². The molecule has 1 N–H and O–H groups in total. The van der Waals surface area contributed by atoms with Crippen molar-refractivity contribution in [2.24, 2.45) is 0 Å². The van der Waals surface area contributed by atoms with Gasteiger partial charge in [-0.3, -0.25) is 0 Å². The Morgan fingerprint density at radius 3 is 3.00 bits per heavy atom. The van der Waals surface area contributed by atoms with Gasteiger partial charge in [0.05, 0.1) is 11.8 Å². The molecule has 1 heterocycles. The van der Waals surface area contributed by atoms with E-state index in [-0.39, 0.29) is 5.82 Å². The summed E-state index contributed by atoms with van der Waals surface area (Å²) >= 11 is 0. The third-order valence-electron chi connectivity index (χ3n) is 2.68. The summed E-state index contributed by atoms with van der Waals surface area (Å²) in [4.78, 5) is 0. The van der Waals surface area contributed by atoms with Gasteiger partial charge in [0.2, 0.25) is 0 Å². The lowest BCUT2D eigenvalue weighted by Gasteiger charge is -2.11. The van der Waals surface area contributed by atoms with Gasteiger partial charge in [0, 0.05) is 13.2 Å². The lowest BCUT2D eigenvalue weighted by Crippen LogP contribution is -2.12. The Bertz CT molecular complexity index is 310.